The van der Waals surface area contributed by atoms with Crippen LogP contribution < -0.4 is 9.13 Å². The molecule has 2 aliphatic heterocycles. The molecule has 0 saturated carbocycles. The third kappa shape index (κ3) is 2.44. The van der Waals surface area contributed by atoms with Crippen molar-refractivity contribution in [2.24, 2.45) is 0 Å². The summed E-state index contributed by atoms with van der Waals surface area (Å²) >= 11 is 0. The van der Waals surface area contributed by atoms with Gasteiger partial charge in [-0.3, -0.25) is 0 Å². The van der Waals surface area contributed by atoms with Crippen molar-refractivity contribution in [3.63, 3.8) is 0 Å². The fourth-order valence-corrected chi connectivity index (χ4v) is 6.50. The van der Waals surface area contributed by atoms with Crippen LogP contribution in [0.15, 0.2) is 83.4 Å². The lowest BCUT2D eigenvalue weighted by Gasteiger charge is -2.19. The highest BCUT2D eigenvalue weighted by atomic mass is 16.3. The number of aryl methyl sites for hydroxylation is 3. The van der Waals surface area contributed by atoms with Crippen LogP contribution in [0.4, 0.5) is 0 Å². The van der Waals surface area contributed by atoms with Crippen molar-refractivity contribution < 1.29 is 27.3 Å². The summed E-state index contributed by atoms with van der Waals surface area (Å²) in [7, 11) is 0. The van der Waals surface area contributed by atoms with Gasteiger partial charge in [-0.15, -0.1) is 9.13 Å². The predicted octanol–water partition coefficient (Wildman–Crippen LogP) is 6.86. The molecule has 4 heteroatoms. The molecule has 2 aliphatic rings. The maximum absolute atomic E-state index is 9.13. The van der Waals surface area contributed by atoms with E-state index in [2.05, 4.69) is 4.98 Å². The van der Waals surface area contributed by atoms with E-state index in [0.717, 1.165) is 22.0 Å². The number of nitrogens with zero attached hydrogens (tertiary/aromatic N) is 3. The number of furan rings is 1. The minimum atomic E-state index is -2.90. The van der Waals surface area contributed by atoms with Crippen LogP contribution in [0.1, 0.15) is 67.0 Å². The highest BCUT2D eigenvalue weighted by Crippen LogP contribution is 2.50. The Balaban J connectivity index is 1.64. The Bertz CT molecular complexity index is 2370. The van der Waals surface area contributed by atoms with E-state index < -0.39 is 32.1 Å². The largest absolute Gasteiger partial charge is 0.437 e. The molecule has 0 amide bonds. The molecule has 0 fully saturated rings. The monoisotopic (exact) mass is 505 g/mol. The topological polar surface area (TPSA) is 33.8 Å². The summed E-state index contributed by atoms with van der Waals surface area (Å²) in [5.74, 6) is -2.35. The Morgan fingerprint density at radius 3 is 2.71 bits per heavy atom. The Morgan fingerprint density at radius 2 is 1.84 bits per heavy atom. The van der Waals surface area contributed by atoms with E-state index in [1.54, 1.807) is 21.3 Å². The molecule has 1 spiro atoms. The lowest BCUT2D eigenvalue weighted by atomic mass is 9.89. The van der Waals surface area contributed by atoms with Gasteiger partial charge in [0, 0.05) is 60.8 Å². The molecular weight excluding hydrogens is 466 g/mol. The van der Waals surface area contributed by atoms with Gasteiger partial charge in [0.15, 0.2) is 17.5 Å². The molecule has 4 aromatic heterocycles. The maximum atomic E-state index is 9.13. The Kier molecular flexibility index (Phi) is 2.64. The van der Waals surface area contributed by atoms with Gasteiger partial charge in [-0.2, -0.15) is 0 Å². The van der Waals surface area contributed by atoms with E-state index in [0.29, 0.717) is 39.4 Å². The van der Waals surface area contributed by atoms with E-state index in [4.69, 9.17) is 18.1 Å². The Labute approximate surface area is 235 Å². The highest BCUT2D eigenvalue weighted by molar-refractivity contribution is 6.09. The SMILES string of the molecule is [2H]C([2H])([2H])c1cc2[n+](cc1C([2H])(C)C([2H])([2H])[2H])C1(c3ccccc3-c3cccc(C([2H])([2H])[2H])[n+]31)c1ccc3c(oc4nc(C)ccc43)c1-2. The fraction of sp³-hybridized carbons (Fsp3) is 0.206. The molecule has 8 rings (SSSR count). The van der Waals surface area contributed by atoms with Gasteiger partial charge >= 0.3 is 5.66 Å². The lowest BCUT2D eigenvalue weighted by molar-refractivity contribution is -0.957. The number of benzene rings is 2. The molecule has 0 bridgehead atoms. The molecule has 2 unspecified atom stereocenters. The molecule has 0 radical (unpaired) electrons. The lowest BCUT2D eigenvalue weighted by Crippen LogP contribution is -2.72. The highest BCUT2D eigenvalue weighted by Gasteiger charge is 2.67. The van der Waals surface area contributed by atoms with E-state index in [1.807, 2.05) is 61.5 Å². The minimum absolute atomic E-state index is 0.0235. The minimum Gasteiger partial charge on any atom is -0.437 e. The van der Waals surface area contributed by atoms with Crippen LogP contribution in [0.2, 0.25) is 0 Å². The summed E-state index contributed by atoms with van der Waals surface area (Å²) in [5, 5.41) is 1.48. The van der Waals surface area contributed by atoms with Crippen molar-refractivity contribution in [3.8, 4) is 22.5 Å². The normalized spacial score (nSPS) is 23.3. The summed E-state index contributed by atoms with van der Waals surface area (Å²) in [6.07, 6.45) is 1.43. The number of hydrogen-bond acceptors (Lipinski definition) is 2. The van der Waals surface area contributed by atoms with Crippen molar-refractivity contribution in [2.45, 2.75) is 46.0 Å². The Hall–Kier alpha value is -4.31. The molecule has 2 atom stereocenters. The zero-order chi connectivity index (χ0) is 34.3. The standard InChI is InChI=1S/C34H29N3O/c1-19(2)26-18-36-30(17-20(26)3)31-28(16-15-23-24-14-13-21(4)35-33(24)38-32(23)31)34(36)27-11-7-6-10-25(27)29-12-8-9-22(5)37(29)34/h6-19H,1-5H3/q+2/i1D3,3D3,5D3,19D. The number of aromatic nitrogens is 3. The van der Waals surface area contributed by atoms with Gasteiger partial charge in [-0.05, 0) is 67.7 Å². The first kappa shape index (κ1) is 14.0. The number of pyridine rings is 3. The van der Waals surface area contributed by atoms with E-state index in [9.17, 15) is 0 Å². The van der Waals surface area contributed by atoms with Gasteiger partial charge in [0.25, 0.3) is 0 Å². The number of hydrogen-bond donors (Lipinski definition) is 0. The molecule has 184 valence electrons. The molecule has 6 aromatic rings. The second-order valence-electron chi connectivity index (χ2n) is 10.1. The third-order valence-electron chi connectivity index (χ3n) is 8.01. The van der Waals surface area contributed by atoms with E-state index >= 15 is 0 Å². The smallest absolute Gasteiger partial charge is 0.417 e. The summed E-state index contributed by atoms with van der Waals surface area (Å²) < 4.78 is 95.4. The van der Waals surface area contributed by atoms with Gasteiger partial charge in [0.1, 0.15) is 16.7 Å². The first-order valence-electron chi connectivity index (χ1n) is 17.5. The van der Waals surface area contributed by atoms with Crippen LogP contribution >= 0.6 is 0 Å². The Morgan fingerprint density at radius 1 is 0.947 bits per heavy atom. The first-order chi connectivity index (χ1) is 22.4. The summed E-state index contributed by atoms with van der Waals surface area (Å²) in [6.45, 7) is -5.24. The van der Waals surface area contributed by atoms with Crippen LogP contribution in [-0.2, 0) is 5.66 Å². The predicted molar refractivity (Wildman–Crippen MR) is 149 cm³/mol. The number of rotatable bonds is 1. The zero-order valence-corrected chi connectivity index (χ0v) is 20.8. The molecule has 0 aliphatic carbocycles. The van der Waals surface area contributed by atoms with Crippen molar-refractivity contribution >= 4 is 22.1 Å². The van der Waals surface area contributed by atoms with Crippen molar-refractivity contribution in [1.29, 1.82) is 0 Å². The van der Waals surface area contributed by atoms with Crippen LogP contribution in [0.25, 0.3) is 44.6 Å². The van der Waals surface area contributed by atoms with Crippen LogP contribution in [0.3, 0.4) is 0 Å². The molecule has 0 saturated heterocycles. The van der Waals surface area contributed by atoms with Crippen molar-refractivity contribution in [3.05, 3.63) is 113 Å². The second kappa shape index (κ2) is 7.16. The van der Waals surface area contributed by atoms with Crippen molar-refractivity contribution in [1.82, 2.24) is 4.98 Å². The van der Waals surface area contributed by atoms with Gasteiger partial charge in [-0.25, -0.2) is 4.98 Å². The van der Waals surface area contributed by atoms with E-state index in [-0.39, 0.29) is 16.8 Å². The van der Waals surface area contributed by atoms with Crippen LogP contribution in [-0.4, -0.2) is 4.98 Å². The second-order valence-corrected chi connectivity index (χ2v) is 10.1. The fourth-order valence-electron chi connectivity index (χ4n) is 6.50. The summed E-state index contributed by atoms with van der Waals surface area (Å²) in [6, 6.07) is 21.6. The van der Waals surface area contributed by atoms with Gasteiger partial charge < -0.3 is 4.42 Å². The van der Waals surface area contributed by atoms with Crippen LogP contribution in [0, 0.1) is 20.6 Å². The average molecular weight is 506 g/mol. The molecule has 6 heterocycles. The quantitative estimate of drug-likeness (QED) is 0.228. The first-order valence-corrected chi connectivity index (χ1v) is 12.5. The molecule has 38 heavy (non-hydrogen) atoms. The van der Waals surface area contributed by atoms with Crippen molar-refractivity contribution in [2.75, 3.05) is 0 Å². The summed E-state index contributed by atoms with van der Waals surface area (Å²) in [4.78, 5) is 4.60. The van der Waals surface area contributed by atoms with Crippen LogP contribution in [0.5, 0.6) is 0 Å². The van der Waals surface area contributed by atoms with Gasteiger partial charge in [-0.1, -0.05) is 25.9 Å². The number of fused-ring (bicyclic) bond motifs is 14. The zero-order valence-electron chi connectivity index (χ0n) is 30.8. The molecule has 4 nitrogen and oxygen atoms in total. The maximum Gasteiger partial charge on any atom is 0.417 e. The molecular formula is C34H29N3O+2. The molecule has 2 aromatic carbocycles. The van der Waals surface area contributed by atoms with Gasteiger partial charge in [0.2, 0.25) is 17.1 Å². The van der Waals surface area contributed by atoms with E-state index in [1.165, 1.54) is 19.2 Å². The van der Waals surface area contributed by atoms with Gasteiger partial charge in [0.05, 0.1) is 5.56 Å². The third-order valence-corrected chi connectivity index (χ3v) is 8.01. The summed E-state index contributed by atoms with van der Waals surface area (Å²) in [5.41, 5.74) is 3.19. The molecule has 0 N–H and O–H groups in total. The average Bonchev–Trinajstić information content (AvgIpc) is 3.61.